The van der Waals surface area contributed by atoms with Crippen LogP contribution in [0, 0.1) is 0 Å². The highest BCUT2D eigenvalue weighted by molar-refractivity contribution is 7.57. The Morgan fingerprint density at radius 1 is 1.32 bits per heavy atom. The number of anilines is 1. The van der Waals surface area contributed by atoms with Crippen LogP contribution in [0.3, 0.4) is 0 Å². The van der Waals surface area contributed by atoms with Crippen molar-refractivity contribution in [2.75, 3.05) is 19.0 Å². The van der Waals surface area contributed by atoms with Crippen LogP contribution < -0.4 is 5.73 Å². The normalized spacial score (nSPS) is 14.2. The molecule has 0 spiro atoms. The summed E-state index contributed by atoms with van der Waals surface area (Å²) in [6.07, 6.45) is 2.19. The number of rotatable bonds is 5. The van der Waals surface area contributed by atoms with E-state index in [-0.39, 0.29) is 0 Å². The van der Waals surface area contributed by atoms with Gasteiger partial charge in [0.25, 0.3) is 0 Å². The summed E-state index contributed by atoms with van der Waals surface area (Å²) in [6.45, 7) is 3.92. The average molecular weight is 279 g/mol. The third kappa shape index (κ3) is 3.69. The maximum atomic E-state index is 12.1. The molecule has 0 saturated carbocycles. The molecule has 1 unspecified atom stereocenters. The van der Waals surface area contributed by atoms with Crippen molar-refractivity contribution in [1.82, 2.24) is 9.78 Å². The first-order chi connectivity index (χ1) is 9.00. The van der Waals surface area contributed by atoms with Crippen LogP contribution in [0.25, 0.3) is 5.69 Å². The molecule has 0 amide bonds. The molecule has 0 radical (unpaired) electrons. The number of nitrogen functional groups attached to an aromatic ring is 1. The topological polar surface area (TPSA) is 70.1 Å². The monoisotopic (exact) mass is 279 g/mol. The third-order valence-electron chi connectivity index (χ3n) is 2.65. The van der Waals surface area contributed by atoms with Gasteiger partial charge in [0.1, 0.15) is 0 Å². The van der Waals surface area contributed by atoms with E-state index < -0.39 is 7.37 Å². The molecule has 2 N–H and O–H groups in total. The molecule has 102 valence electrons. The molecule has 1 atom stereocenters. The molecule has 2 aromatic rings. The number of nitrogens with two attached hydrogens (primary N) is 1. The quantitative estimate of drug-likeness (QED) is 0.675. The first-order valence-electron chi connectivity index (χ1n) is 6.12. The minimum absolute atomic E-state index is 0.350. The molecule has 0 saturated heterocycles. The van der Waals surface area contributed by atoms with Gasteiger partial charge in [0, 0.05) is 18.5 Å². The van der Waals surface area contributed by atoms with E-state index in [1.807, 2.05) is 43.5 Å². The maximum absolute atomic E-state index is 12.1. The van der Waals surface area contributed by atoms with Crippen LogP contribution >= 0.6 is 7.37 Å². The Labute approximate surface area is 112 Å². The molecule has 0 bridgehead atoms. The fraction of sp³-hybridized carbons (Fsp3) is 0.308. The zero-order chi connectivity index (χ0) is 13.9. The van der Waals surface area contributed by atoms with Crippen LogP contribution in [0.4, 0.5) is 5.69 Å². The second-order valence-electron chi connectivity index (χ2n) is 4.43. The number of hydrogen-bond donors (Lipinski definition) is 1. The van der Waals surface area contributed by atoms with Crippen LogP contribution in [-0.4, -0.2) is 23.1 Å². The fourth-order valence-corrected chi connectivity index (χ4v) is 3.22. The van der Waals surface area contributed by atoms with E-state index in [2.05, 4.69) is 5.10 Å². The number of benzene rings is 1. The van der Waals surface area contributed by atoms with E-state index in [0.29, 0.717) is 18.5 Å². The summed E-state index contributed by atoms with van der Waals surface area (Å²) in [5.41, 5.74) is 8.04. The van der Waals surface area contributed by atoms with E-state index in [1.54, 1.807) is 11.3 Å². The van der Waals surface area contributed by atoms with Gasteiger partial charge < -0.3 is 10.3 Å². The van der Waals surface area contributed by atoms with E-state index in [4.69, 9.17) is 10.3 Å². The van der Waals surface area contributed by atoms with E-state index >= 15 is 0 Å². The predicted octanol–water partition coefficient (Wildman–Crippen LogP) is 2.90. The zero-order valence-corrected chi connectivity index (χ0v) is 12.0. The Bertz CT molecular complexity index is 592. The van der Waals surface area contributed by atoms with Crippen LogP contribution in [-0.2, 0) is 15.3 Å². The van der Waals surface area contributed by atoms with Gasteiger partial charge in [-0.1, -0.05) is 0 Å². The highest BCUT2D eigenvalue weighted by Crippen LogP contribution is 2.45. The largest absolute Gasteiger partial charge is 0.399 e. The number of aromatic nitrogens is 2. The van der Waals surface area contributed by atoms with Crippen molar-refractivity contribution in [2.24, 2.45) is 0 Å². The van der Waals surface area contributed by atoms with E-state index in [9.17, 15) is 4.57 Å². The first kappa shape index (κ1) is 13.8. The van der Waals surface area contributed by atoms with Gasteiger partial charge in [0.15, 0.2) is 0 Å². The summed E-state index contributed by atoms with van der Waals surface area (Å²) in [5.74, 6) is 0. The molecule has 6 heteroatoms. The Kier molecular flexibility index (Phi) is 4.08. The third-order valence-corrected chi connectivity index (χ3v) is 4.36. The molecule has 1 aromatic carbocycles. The standard InChI is InChI=1S/C13H18N3O2P/c1-3-18-19(2,17)10-12-8-9-16(15-12)13-6-4-11(14)5-7-13/h4-9H,3,10,14H2,1-2H3. The second kappa shape index (κ2) is 5.59. The van der Waals surface area contributed by atoms with Gasteiger partial charge in [0.05, 0.1) is 24.2 Å². The summed E-state index contributed by atoms with van der Waals surface area (Å²) < 4.78 is 19.1. The summed E-state index contributed by atoms with van der Waals surface area (Å²) in [6, 6.07) is 9.27. The number of hydrogen-bond acceptors (Lipinski definition) is 4. The fourth-order valence-electron chi connectivity index (χ4n) is 1.83. The molecule has 0 fully saturated rings. The first-order valence-corrected chi connectivity index (χ1v) is 8.37. The Hall–Kier alpha value is -1.58. The van der Waals surface area contributed by atoms with E-state index in [0.717, 1.165) is 11.4 Å². The van der Waals surface area contributed by atoms with Gasteiger partial charge in [-0.3, -0.25) is 4.57 Å². The number of nitrogens with zero attached hydrogens (tertiary/aromatic N) is 2. The van der Waals surface area contributed by atoms with Gasteiger partial charge in [-0.05, 0) is 37.3 Å². The molecular weight excluding hydrogens is 261 g/mol. The Balaban J connectivity index is 2.15. The minimum atomic E-state index is -2.60. The lowest BCUT2D eigenvalue weighted by Gasteiger charge is -2.10. The molecule has 5 nitrogen and oxygen atoms in total. The van der Waals surface area contributed by atoms with Gasteiger partial charge in [-0.2, -0.15) is 5.10 Å². The molecule has 1 heterocycles. The molecular formula is C13H18N3O2P. The van der Waals surface area contributed by atoms with Gasteiger partial charge >= 0.3 is 0 Å². The van der Waals surface area contributed by atoms with Crippen molar-refractivity contribution < 1.29 is 9.09 Å². The highest BCUT2D eigenvalue weighted by Gasteiger charge is 2.17. The molecule has 0 aliphatic heterocycles. The predicted molar refractivity (Wildman–Crippen MR) is 76.8 cm³/mol. The summed E-state index contributed by atoms with van der Waals surface area (Å²) in [5, 5.41) is 4.40. The SMILES string of the molecule is CCOP(C)(=O)Cc1ccn(-c2ccc(N)cc2)n1. The zero-order valence-electron chi connectivity index (χ0n) is 11.1. The lowest BCUT2D eigenvalue weighted by molar-refractivity contribution is 0.336. The lowest BCUT2D eigenvalue weighted by Crippen LogP contribution is -1.98. The van der Waals surface area contributed by atoms with Gasteiger partial charge in [-0.15, -0.1) is 0 Å². The summed E-state index contributed by atoms with van der Waals surface area (Å²) >= 11 is 0. The van der Waals surface area contributed by atoms with Gasteiger partial charge in [-0.25, -0.2) is 4.68 Å². The molecule has 19 heavy (non-hydrogen) atoms. The molecule has 1 aromatic heterocycles. The van der Waals surface area contributed by atoms with E-state index in [1.165, 1.54) is 0 Å². The Morgan fingerprint density at radius 2 is 2.00 bits per heavy atom. The van der Waals surface area contributed by atoms with Crippen molar-refractivity contribution in [3.05, 3.63) is 42.2 Å². The Morgan fingerprint density at radius 3 is 2.63 bits per heavy atom. The highest BCUT2D eigenvalue weighted by atomic mass is 31.2. The van der Waals surface area contributed by atoms with Crippen molar-refractivity contribution in [3.63, 3.8) is 0 Å². The maximum Gasteiger partial charge on any atom is 0.206 e. The van der Waals surface area contributed by atoms with Crippen molar-refractivity contribution >= 4 is 13.1 Å². The summed E-state index contributed by atoms with van der Waals surface area (Å²) in [7, 11) is -2.60. The molecule has 0 aliphatic rings. The lowest BCUT2D eigenvalue weighted by atomic mass is 10.3. The smallest absolute Gasteiger partial charge is 0.206 e. The van der Waals surface area contributed by atoms with Crippen molar-refractivity contribution in [2.45, 2.75) is 13.1 Å². The molecule has 0 aliphatic carbocycles. The van der Waals surface area contributed by atoms with Crippen molar-refractivity contribution in [3.8, 4) is 5.69 Å². The summed E-state index contributed by atoms with van der Waals surface area (Å²) in [4.78, 5) is 0. The van der Waals surface area contributed by atoms with Gasteiger partial charge in [0.2, 0.25) is 7.37 Å². The van der Waals surface area contributed by atoms with Crippen LogP contribution in [0.2, 0.25) is 0 Å². The average Bonchev–Trinajstić information content (AvgIpc) is 2.77. The molecule has 2 rings (SSSR count). The van der Waals surface area contributed by atoms with Crippen molar-refractivity contribution in [1.29, 1.82) is 0 Å². The van der Waals surface area contributed by atoms with Crippen LogP contribution in [0.5, 0.6) is 0 Å². The second-order valence-corrected chi connectivity index (χ2v) is 7.04. The van der Waals surface area contributed by atoms with Crippen LogP contribution in [0.15, 0.2) is 36.5 Å². The van der Waals surface area contributed by atoms with Crippen LogP contribution in [0.1, 0.15) is 12.6 Å². The minimum Gasteiger partial charge on any atom is -0.399 e.